The first-order chi connectivity index (χ1) is 21.6. The van der Waals surface area contributed by atoms with Crippen molar-refractivity contribution in [2.75, 3.05) is 32.7 Å². The van der Waals surface area contributed by atoms with E-state index in [4.69, 9.17) is 11.6 Å². The molecule has 10 heteroatoms. The zero-order valence-corrected chi connectivity index (χ0v) is 26.9. The van der Waals surface area contributed by atoms with E-state index in [2.05, 4.69) is 15.5 Å². The standard InChI is InChI=1S/C35H43ClF2N4O3/c1-4-11-42(12-5-2)35(45)27-15-23(3)14-26(19-27)34(44)40-31(18-24-16-28(37)20-29(38)17-24)33(43)32-22-41(13-10-39-32)21-25-8-6-7-9-30(25)36/h6-9,14-17,19-20,31-33,39,43H,4-5,10-13,18,21-22H2,1-3H3,(H,40,44)/t31-,32+,33-/m0/s1. The van der Waals surface area contributed by atoms with Crippen LogP contribution < -0.4 is 10.6 Å². The normalized spacial score (nSPS) is 16.6. The molecule has 2 amide bonds. The van der Waals surface area contributed by atoms with Gasteiger partial charge in [-0.1, -0.05) is 43.6 Å². The first kappa shape index (κ1) is 34.5. The summed E-state index contributed by atoms with van der Waals surface area (Å²) < 4.78 is 28.3. The largest absolute Gasteiger partial charge is 0.389 e. The summed E-state index contributed by atoms with van der Waals surface area (Å²) in [6.07, 6.45) is 0.513. The number of hydrogen-bond acceptors (Lipinski definition) is 5. The number of aliphatic hydroxyl groups is 1. The molecule has 0 bridgehead atoms. The topological polar surface area (TPSA) is 84.9 Å². The molecule has 1 heterocycles. The van der Waals surface area contributed by atoms with Gasteiger partial charge in [-0.3, -0.25) is 14.5 Å². The van der Waals surface area contributed by atoms with Crippen LogP contribution in [0.5, 0.6) is 0 Å². The molecule has 1 aliphatic heterocycles. The molecule has 242 valence electrons. The summed E-state index contributed by atoms with van der Waals surface area (Å²) in [6.45, 7) is 9.44. The molecule has 0 saturated carbocycles. The highest BCUT2D eigenvalue weighted by atomic mass is 35.5. The van der Waals surface area contributed by atoms with Gasteiger partial charge >= 0.3 is 0 Å². The Bertz CT molecular complexity index is 1450. The van der Waals surface area contributed by atoms with Gasteiger partial charge in [0, 0.05) is 67.5 Å². The maximum atomic E-state index is 14.1. The highest BCUT2D eigenvalue weighted by Gasteiger charge is 2.33. The Balaban J connectivity index is 1.57. The van der Waals surface area contributed by atoms with Gasteiger partial charge in [-0.05, 0) is 79.3 Å². The maximum absolute atomic E-state index is 14.1. The number of benzene rings is 3. The average molecular weight is 641 g/mol. The number of halogens is 3. The first-order valence-electron chi connectivity index (χ1n) is 15.6. The predicted molar refractivity (Wildman–Crippen MR) is 174 cm³/mol. The summed E-state index contributed by atoms with van der Waals surface area (Å²) in [6, 6.07) is 14.5. The second-order valence-electron chi connectivity index (χ2n) is 11.8. The third-order valence-corrected chi connectivity index (χ3v) is 8.39. The van der Waals surface area contributed by atoms with Crippen LogP contribution in [0.1, 0.15) is 64.1 Å². The number of nitrogens with one attached hydrogen (secondary N) is 2. The van der Waals surface area contributed by atoms with Crippen molar-refractivity contribution in [2.45, 2.75) is 64.8 Å². The van der Waals surface area contributed by atoms with E-state index >= 15 is 0 Å². The van der Waals surface area contributed by atoms with E-state index in [1.165, 1.54) is 12.1 Å². The molecule has 0 unspecified atom stereocenters. The zero-order chi connectivity index (χ0) is 32.5. The van der Waals surface area contributed by atoms with E-state index in [-0.39, 0.29) is 17.9 Å². The fourth-order valence-corrected chi connectivity index (χ4v) is 6.12. The van der Waals surface area contributed by atoms with Gasteiger partial charge < -0.3 is 20.6 Å². The van der Waals surface area contributed by atoms with Crippen LogP contribution in [0, 0.1) is 18.6 Å². The van der Waals surface area contributed by atoms with Crippen molar-refractivity contribution in [1.29, 1.82) is 0 Å². The smallest absolute Gasteiger partial charge is 0.253 e. The van der Waals surface area contributed by atoms with E-state index in [1.54, 1.807) is 23.1 Å². The van der Waals surface area contributed by atoms with Crippen molar-refractivity contribution in [2.24, 2.45) is 0 Å². The third-order valence-electron chi connectivity index (χ3n) is 8.02. The van der Waals surface area contributed by atoms with Crippen molar-refractivity contribution >= 4 is 23.4 Å². The zero-order valence-electron chi connectivity index (χ0n) is 26.2. The number of hydrogen-bond donors (Lipinski definition) is 3. The Labute approximate surface area is 269 Å². The molecule has 45 heavy (non-hydrogen) atoms. The van der Waals surface area contributed by atoms with E-state index in [0.717, 1.165) is 36.6 Å². The quantitative estimate of drug-likeness (QED) is 0.234. The summed E-state index contributed by atoms with van der Waals surface area (Å²) in [5.41, 5.74) is 2.69. The van der Waals surface area contributed by atoms with Crippen molar-refractivity contribution < 1.29 is 23.5 Å². The highest BCUT2D eigenvalue weighted by Crippen LogP contribution is 2.21. The number of aliphatic hydroxyl groups excluding tert-OH is 1. The van der Waals surface area contributed by atoms with Crippen LogP contribution in [0.25, 0.3) is 0 Å². The van der Waals surface area contributed by atoms with Crippen molar-refractivity contribution in [3.63, 3.8) is 0 Å². The lowest BCUT2D eigenvalue weighted by atomic mass is 9.94. The van der Waals surface area contributed by atoms with E-state index in [9.17, 15) is 23.5 Å². The molecule has 0 spiro atoms. The van der Waals surface area contributed by atoms with Gasteiger partial charge in [-0.25, -0.2) is 8.78 Å². The van der Waals surface area contributed by atoms with Gasteiger partial charge in [0.2, 0.25) is 0 Å². The maximum Gasteiger partial charge on any atom is 0.253 e. The molecular weight excluding hydrogens is 598 g/mol. The number of rotatable bonds is 13. The fraction of sp³-hybridized carbons (Fsp3) is 0.429. The molecule has 3 aromatic carbocycles. The third kappa shape index (κ3) is 9.56. The molecule has 7 nitrogen and oxygen atoms in total. The lowest BCUT2D eigenvalue weighted by Gasteiger charge is -2.39. The Kier molecular flexibility index (Phi) is 12.5. The number of aryl methyl sites for hydroxylation is 1. The number of amides is 2. The summed E-state index contributed by atoms with van der Waals surface area (Å²) in [5.74, 6) is -2.11. The minimum absolute atomic E-state index is 0.0112. The number of piperazine rings is 1. The Morgan fingerprint density at radius 3 is 2.38 bits per heavy atom. The van der Waals surface area contributed by atoms with Crippen LogP contribution in [-0.4, -0.2) is 77.6 Å². The number of carbonyl (C=O) groups excluding carboxylic acids is 2. The lowest BCUT2D eigenvalue weighted by molar-refractivity contribution is 0.0464. The summed E-state index contributed by atoms with van der Waals surface area (Å²) in [5, 5.41) is 18.6. The van der Waals surface area contributed by atoms with Crippen LogP contribution >= 0.6 is 11.6 Å². The molecule has 3 aromatic rings. The summed E-state index contributed by atoms with van der Waals surface area (Å²) >= 11 is 6.39. The molecule has 4 rings (SSSR count). The molecule has 1 saturated heterocycles. The molecule has 0 aliphatic carbocycles. The minimum Gasteiger partial charge on any atom is -0.389 e. The fourth-order valence-electron chi connectivity index (χ4n) is 5.93. The SMILES string of the molecule is CCCN(CCC)C(=O)c1cc(C)cc(C(=O)N[C@@H](Cc2cc(F)cc(F)c2)[C@H](O)[C@H]2CN(Cc3ccccc3Cl)CCN2)c1. The monoisotopic (exact) mass is 640 g/mol. The van der Waals surface area contributed by atoms with Gasteiger partial charge in [0.1, 0.15) is 11.6 Å². The second-order valence-corrected chi connectivity index (χ2v) is 12.2. The molecule has 1 fully saturated rings. The van der Waals surface area contributed by atoms with Gasteiger partial charge in [-0.2, -0.15) is 0 Å². The van der Waals surface area contributed by atoms with Gasteiger partial charge in [0.05, 0.1) is 12.1 Å². The minimum atomic E-state index is -1.11. The molecule has 1 aliphatic rings. The summed E-state index contributed by atoms with van der Waals surface area (Å²) in [4.78, 5) is 31.0. The first-order valence-corrected chi connectivity index (χ1v) is 16.0. The van der Waals surface area contributed by atoms with E-state index < -0.39 is 35.7 Å². The van der Waals surface area contributed by atoms with Crippen molar-refractivity contribution in [3.05, 3.63) is 105 Å². The Hall–Kier alpha value is -3.37. The van der Waals surface area contributed by atoms with Crippen LogP contribution in [0.15, 0.2) is 60.7 Å². The Morgan fingerprint density at radius 2 is 1.71 bits per heavy atom. The van der Waals surface area contributed by atoms with Crippen LogP contribution in [-0.2, 0) is 13.0 Å². The predicted octanol–water partition coefficient (Wildman–Crippen LogP) is 5.36. The van der Waals surface area contributed by atoms with Crippen molar-refractivity contribution in [3.8, 4) is 0 Å². The van der Waals surface area contributed by atoms with Crippen molar-refractivity contribution in [1.82, 2.24) is 20.4 Å². The molecule has 0 aromatic heterocycles. The molecule has 0 radical (unpaired) electrons. The molecular formula is C35H43ClF2N4O3. The Morgan fingerprint density at radius 1 is 1.04 bits per heavy atom. The molecule has 3 atom stereocenters. The average Bonchev–Trinajstić information content (AvgIpc) is 3.00. The second kappa shape index (κ2) is 16.3. The van der Waals surface area contributed by atoms with Crippen LogP contribution in [0.2, 0.25) is 5.02 Å². The van der Waals surface area contributed by atoms with Gasteiger partial charge in [0.15, 0.2) is 0 Å². The van der Waals surface area contributed by atoms with Gasteiger partial charge in [-0.15, -0.1) is 0 Å². The number of nitrogens with zero attached hydrogens (tertiary/aromatic N) is 2. The van der Waals surface area contributed by atoms with E-state index in [1.807, 2.05) is 45.0 Å². The van der Waals surface area contributed by atoms with Crippen LogP contribution in [0.4, 0.5) is 8.78 Å². The highest BCUT2D eigenvalue weighted by molar-refractivity contribution is 6.31. The number of carbonyl (C=O) groups is 2. The van der Waals surface area contributed by atoms with E-state index in [0.29, 0.717) is 48.9 Å². The van der Waals surface area contributed by atoms with Crippen LogP contribution in [0.3, 0.4) is 0 Å². The lowest BCUT2D eigenvalue weighted by Crippen LogP contribution is -2.61. The summed E-state index contributed by atoms with van der Waals surface area (Å²) in [7, 11) is 0. The van der Waals surface area contributed by atoms with Gasteiger partial charge in [0.25, 0.3) is 11.8 Å². The molecule has 3 N–H and O–H groups in total.